The van der Waals surface area contributed by atoms with Crippen LogP contribution >= 0.6 is 0 Å². The number of nitrogens with zero attached hydrogens (tertiary/aromatic N) is 2. The Morgan fingerprint density at radius 2 is 2.03 bits per heavy atom. The Morgan fingerprint density at radius 3 is 2.76 bits per heavy atom. The Balaban J connectivity index is 1.83. The molecule has 0 spiro atoms. The second-order valence-corrected chi connectivity index (χ2v) is 8.13. The van der Waals surface area contributed by atoms with Crippen LogP contribution in [0, 0.1) is 6.92 Å². The predicted octanol–water partition coefficient (Wildman–Crippen LogP) is 5.17. The topological polar surface area (TPSA) is 62.3 Å². The highest BCUT2D eigenvalue weighted by Gasteiger charge is 2.27. The highest BCUT2D eigenvalue weighted by Crippen LogP contribution is 2.28. The van der Waals surface area contributed by atoms with Gasteiger partial charge in [0.2, 0.25) is 0 Å². The summed E-state index contributed by atoms with van der Waals surface area (Å²) in [6.45, 7) is 9.08. The number of carbonyl (C=O) groups is 2. The van der Waals surface area contributed by atoms with Crippen LogP contribution in [0.2, 0.25) is 0 Å². The van der Waals surface area contributed by atoms with Crippen LogP contribution in [-0.2, 0) is 0 Å². The van der Waals surface area contributed by atoms with Crippen LogP contribution in [0.4, 0.5) is 5.69 Å². The first kappa shape index (κ1) is 21.0. The van der Waals surface area contributed by atoms with Gasteiger partial charge >= 0.3 is 0 Å². The molecule has 29 heavy (non-hydrogen) atoms. The number of aryl methyl sites for hydroxylation is 1. The van der Waals surface area contributed by atoms with Crippen molar-refractivity contribution < 1.29 is 9.59 Å². The Kier molecular flexibility index (Phi) is 6.68. The molecule has 2 amide bonds. The summed E-state index contributed by atoms with van der Waals surface area (Å²) in [7, 11) is 0. The molecule has 5 heteroatoms. The molecule has 0 saturated carbocycles. The van der Waals surface area contributed by atoms with E-state index in [1.54, 1.807) is 18.3 Å². The number of amides is 2. The van der Waals surface area contributed by atoms with Crippen LogP contribution < -0.4 is 5.32 Å². The second-order valence-electron chi connectivity index (χ2n) is 8.13. The van der Waals surface area contributed by atoms with E-state index in [0.29, 0.717) is 17.2 Å². The Morgan fingerprint density at radius 1 is 1.24 bits per heavy atom. The Labute approximate surface area is 173 Å². The van der Waals surface area contributed by atoms with E-state index >= 15 is 0 Å². The average Bonchev–Trinajstić information content (AvgIpc) is 2.74. The van der Waals surface area contributed by atoms with Crippen molar-refractivity contribution in [1.29, 1.82) is 0 Å². The van der Waals surface area contributed by atoms with Crippen molar-refractivity contribution in [3.8, 4) is 0 Å². The van der Waals surface area contributed by atoms with Crippen molar-refractivity contribution in [2.45, 2.75) is 65.3 Å². The normalized spacial score (nSPS) is 16.7. The van der Waals surface area contributed by atoms with Crippen LogP contribution in [0.1, 0.15) is 84.3 Å². The molecular formula is C24H31N3O2. The number of carbonyl (C=O) groups excluding carboxylic acids is 2. The van der Waals surface area contributed by atoms with Crippen molar-refractivity contribution in [2.24, 2.45) is 0 Å². The Bertz CT molecular complexity index is 891. The van der Waals surface area contributed by atoms with E-state index in [1.165, 1.54) is 0 Å². The molecule has 0 radical (unpaired) electrons. The molecule has 1 fully saturated rings. The molecule has 154 valence electrons. The molecule has 2 heterocycles. The number of benzene rings is 1. The molecule has 1 unspecified atom stereocenters. The first-order valence-electron chi connectivity index (χ1n) is 10.6. The van der Waals surface area contributed by atoms with Gasteiger partial charge in [0.05, 0.1) is 0 Å². The number of aromatic nitrogens is 1. The van der Waals surface area contributed by atoms with Gasteiger partial charge in [-0.05, 0) is 61.8 Å². The van der Waals surface area contributed by atoms with Gasteiger partial charge in [-0.1, -0.05) is 39.0 Å². The monoisotopic (exact) mass is 393 g/mol. The summed E-state index contributed by atoms with van der Waals surface area (Å²) in [5.41, 5.74) is 3.76. The fraction of sp³-hybridized carbons (Fsp3) is 0.458. The smallest absolute Gasteiger partial charge is 0.272 e. The lowest BCUT2D eigenvalue weighted by Gasteiger charge is -2.35. The second kappa shape index (κ2) is 9.21. The number of rotatable bonds is 5. The Hall–Kier alpha value is -2.69. The number of likely N-dealkylation sites (tertiary alicyclic amines) is 1. The van der Waals surface area contributed by atoms with Crippen LogP contribution in [0.3, 0.4) is 0 Å². The van der Waals surface area contributed by atoms with Crippen LogP contribution in [0.15, 0.2) is 36.5 Å². The summed E-state index contributed by atoms with van der Waals surface area (Å²) < 4.78 is 0. The number of hydrogen-bond donors (Lipinski definition) is 1. The summed E-state index contributed by atoms with van der Waals surface area (Å²) in [6, 6.07) is 9.57. The van der Waals surface area contributed by atoms with Crippen molar-refractivity contribution in [3.63, 3.8) is 0 Å². The quantitative estimate of drug-likeness (QED) is 0.762. The summed E-state index contributed by atoms with van der Waals surface area (Å²) in [5.74, 6) is -0.00171. The molecular weight excluding hydrogens is 362 g/mol. The zero-order chi connectivity index (χ0) is 21.0. The van der Waals surface area contributed by atoms with Crippen LogP contribution in [0.5, 0.6) is 0 Å². The number of nitrogens with one attached hydrogen (secondary N) is 1. The number of anilines is 1. The van der Waals surface area contributed by atoms with Crippen LogP contribution in [0.25, 0.3) is 0 Å². The highest BCUT2D eigenvalue weighted by molar-refractivity contribution is 6.06. The lowest BCUT2D eigenvalue weighted by atomic mass is 9.98. The van der Waals surface area contributed by atoms with Crippen LogP contribution in [-0.4, -0.2) is 34.3 Å². The minimum absolute atomic E-state index is 0.0787. The third kappa shape index (κ3) is 4.66. The molecule has 1 aromatic carbocycles. The predicted molar refractivity (Wildman–Crippen MR) is 116 cm³/mol. The average molecular weight is 394 g/mol. The maximum Gasteiger partial charge on any atom is 0.272 e. The van der Waals surface area contributed by atoms with Gasteiger partial charge in [0.1, 0.15) is 5.69 Å². The molecule has 1 aliphatic heterocycles. The molecule has 5 nitrogen and oxygen atoms in total. The third-order valence-corrected chi connectivity index (χ3v) is 5.77. The van der Waals surface area contributed by atoms with Gasteiger partial charge in [0.25, 0.3) is 11.8 Å². The number of hydrogen-bond acceptors (Lipinski definition) is 3. The van der Waals surface area contributed by atoms with Gasteiger partial charge in [0.15, 0.2) is 0 Å². The van der Waals surface area contributed by atoms with Gasteiger partial charge in [-0.15, -0.1) is 0 Å². The summed E-state index contributed by atoms with van der Waals surface area (Å²) in [6.07, 6.45) is 5.71. The van der Waals surface area contributed by atoms with E-state index in [1.807, 2.05) is 30.0 Å². The molecule has 1 atom stereocenters. The minimum Gasteiger partial charge on any atom is -0.334 e. The highest BCUT2D eigenvalue weighted by atomic mass is 16.2. The van der Waals surface area contributed by atoms with Gasteiger partial charge in [-0.2, -0.15) is 0 Å². The van der Waals surface area contributed by atoms with Gasteiger partial charge in [-0.25, -0.2) is 0 Å². The van der Waals surface area contributed by atoms with Crippen molar-refractivity contribution in [2.75, 3.05) is 11.9 Å². The standard InChI is InChI=1S/C24H31N3O2/c1-5-19-10-6-7-14-27(19)24(29)21-15-18(12-13-25-21)23(28)26-22-17(4)9-8-11-20(22)16(2)3/h8-9,11-13,15-16,19H,5-7,10,14H2,1-4H3,(H,26,28). The van der Waals surface area contributed by atoms with E-state index in [0.717, 1.165) is 49.0 Å². The van der Waals surface area contributed by atoms with Gasteiger partial charge in [0, 0.05) is 30.0 Å². The SMILES string of the molecule is CCC1CCCCN1C(=O)c1cc(C(=O)Nc2c(C)cccc2C(C)C)ccn1. The molecule has 1 aromatic heterocycles. The molecule has 2 aromatic rings. The molecule has 1 aliphatic rings. The summed E-state index contributed by atoms with van der Waals surface area (Å²) >= 11 is 0. The third-order valence-electron chi connectivity index (χ3n) is 5.77. The number of pyridine rings is 1. The van der Waals surface area contributed by atoms with E-state index < -0.39 is 0 Å². The van der Waals surface area contributed by atoms with E-state index in [4.69, 9.17) is 0 Å². The maximum absolute atomic E-state index is 13.0. The molecule has 1 saturated heterocycles. The maximum atomic E-state index is 13.0. The largest absolute Gasteiger partial charge is 0.334 e. The summed E-state index contributed by atoms with van der Waals surface area (Å²) in [5, 5.41) is 3.05. The van der Waals surface area contributed by atoms with Crippen molar-refractivity contribution >= 4 is 17.5 Å². The van der Waals surface area contributed by atoms with Gasteiger partial charge in [-0.3, -0.25) is 14.6 Å². The minimum atomic E-state index is -0.219. The zero-order valence-corrected chi connectivity index (χ0v) is 17.9. The molecule has 3 rings (SSSR count). The zero-order valence-electron chi connectivity index (χ0n) is 17.9. The van der Waals surface area contributed by atoms with E-state index in [-0.39, 0.29) is 17.9 Å². The van der Waals surface area contributed by atoms with Gasteiger partial charge < -0.3 is 10.2 Å². The lowest BCUT2D eigenvalue weighted by Crippen LogP contribution is -2.43. The van der Waals surface area contributed by atoms with Crippen molar-refractivity contribution in [3.05, 3.63) is 58.9 Å². The number of para-hydroxylation sites is 1. The molecule has 0 aliphatic carbocycles. The first-order valence-corrected chi connectivity index (χ1v) is 10.6. The van der Waals surface area contributed by atoms with E-state index in [2.05, 4.69) is 31.1 Å². The summed E-state index contributed by atoms with van der Waals surface area (Å²) in [4.78, 5) is 32.2. The van der Waals surface area contributed by atoms with Crippen molar-refractivity contribution in [1.82, 2.24) is 9.88 Å². The molecule has 0 bridgehead atoms. The number of piperidine rings is 1. The fourth-order valence-electron chi connectivity index (χ4n) is 4.06. The molecule has 1 N–H and O–H groups in total. The fourth-order valence-corrected chi connectivity index (χ4v) is 4.06. The first-order chi connectivity index (χ1) is 13.9. The lowest BCUT2D eigenvalue weighted by molar-refractivity contribution is 0.0602. The van der Waals surface area contributed by atoms with E-state index in [9.17, 15) is 9.59 Å².